The van der Waals surface area contributed by atoms with Crippen LogP contribution < -0.4 is 5.73 Å². The maximum Gasteiger partial charge on any atom is 0.218 e. The van der Waals surface area contributed by atoms with E-state index in [0.29, 0.717) is 17.3 Å². The van der Waals surface area contributed by atoms with E-state index in [1.54, 1.807) is 19.2 Å². The van der Waals surface area contributed by atoms with Crippen LogP contribution in [0.4, 0.5) is 10.3 Å². The molecule has 2 rings (SSSR count). The van der Waals surface area contributed by atoms with Gasteiger partial charge in [-0.3, -0.25) is 0 Å². The molecule has 2 N–H and O–H groups in total. The van der Waals surface area contributed by atoms with Gasteiger partial charge in [-0.2, -0.15) is 4.98 Å². The van der Waals surface area contributed by atoms with Gasteiger partial charge in [0.15, 0.2) is 5.82 Å². The van der Waals surface area contributed by atoms with E-state index in [-0.39, 0.29) is 5.82 Å². The highest BCUT2D eigenvalue weighted by Crippen LogP contribution is 2.16. The summed E-state index contributed by atoms with van der Waals surface area (Å²) in [5, 5.41) is 4.04. The number of benzene rings is 1. The zero-order chi connectivity index (χ0) is 10.1. The molecular formula is C9H9FN4. The molecule has 0 amide bonds. The van der Waals surface area contributed by atoms with Crippen molar-refractivity contribution in [2.24, 2.45) is 7.05 Å². The van der Waals surface area contributed by atoms with E-state index < -0.39 is 0 Å². The maximum atomic E-state index is 12.9. The highest BCUT2D eigenvalue weighted by atomic mass is 19.1. The van der Waals surface area contributed by atoms with Crippen molar-refractivity contribution in [2.75, 3.05) is 5.73 Å². The molecule has 0 spiro atoms. The number of halogens is 1. The van der Waals surface area contributed by atoms with Gasteiger partial charge in [0.2, 0.25) is 5.95 Å². The molecule has 0 fully saturated rings. The van der Waals surface area contributed by atoms with Crippen molar-refractivity contribution in [1.82, 2.24) is 14.8 Å². The minimum atomic E-state index is -0.312. The molecule has 0 radical (unpaired) electrons. The molecule has 0 aliphatic heterocycles. The normalized spacial score (nSPS) is 10.4. The number of nitrogen functional groups attached to an aromatic ring is 1. The summed E-state index contributed by atoms with van der Waals surface area (Å²) in [5.41, 5.74) is 6.13. The number of nitrogens with zero attached hydrogens (tertiary/aromatic N) is 3. The summed E-state index contributed by atoms with van der Waals surface area (Å²) >= 11 is 0. The topological polar surface area (TPSA) is 56.7 Å². The van der Waals surface area contributed by atoms with E-state index in [4.69, 9.17) is 5.73 Å². The predicted octanol–water partition coefficient (Wildman–Crippen LogP) is 1.20. The average molecular weight is 192 g/mol. The van der Waals surface area contributed by atoms with Gasteiger partial charge in [-0.05, 0) is 12.1 Å². The van der Waals surface area contributed by atoms with Gasteiger partial charge in [0.05, 0.1) is 0 Å². The fourth-order valence-electron chi connectivity index (χ4n) is 1.15. The average Bonchev–Trinajstić information content (AvgIpc) is 2.47. The second kappa shape index (κ2) is 3.10. The number of hydrogen-bond donors (Lipinski definition) is 1. The molecule has 0 aliphatic rings. The summed E-state index contributed by atoms with van der Waals surface area (Å²) in [6.45, 7) is 0. The number of nitrogens with two attached hydrogens (primary N) is 1. The van der Waals surface area contributed by atoms with Gasteiger partial charge >= 0.3 is 0 Å². The zero-order valence-corrected chi connectivity index (χ0v) is 7.61. The lowest BCUT2D eigenvalue weighted by Crippen LogP contribution is -1.97. The van der Waals surface area contributed by atoms with Crippen molar-refractivity contribution in [2.45, 2.75) is 0 Å². The Labute approximate surface area is 80.2 Å². The Hall–Kier alpha value is -1.91. The third kappa shape index (κ3) is 1.44. The van der Waals surface area contributed by atoms with E-state index in [2.05, 4.69) is 10.1 Å². The molecule has 0 saturated carbocycles. The maximum absolute atomic E-state index is 12.9. The first-order chi connectivity index (χ1) is 6.66. The molecule has 72 valence electrons. The molecular weight excluding hydrogens is 183 g/mol. The molecule has 0 unspecified atom stereocenters. The third-order valence-electron chi connectivity index (χ3n) is 1.88. The minimum Gasteiger partial charge on any atom is -0.368 e. The van der Waals surface area contributed by atoms with Crippen LogP contribution in [0, 0.1) is 5.82 Å². The summed E-state index contributed by atoms with van der Waals surface area (Å²) in [4.78, 5) is 3.98. The first kappa shape index (κ1) is 8.68. The largest absolute Gasteiger partial charge is 0.368 e. The van der Waals surface area contributed by atoms with Crippen LogP contribution >= 0.6 is 0 Å². The van der Waals surface area contributed by atoms with Crippen LogP contribution in [0.3, 0.4) is 0 Å². The fraction of sp³-hybridized carbons (Fsp3) is 0.111. The van der Waals surface area contributed by atoms with Crippen LogP contribution in [0.5, 0.6) is 0 Å². The second-order valence-electron chi connectivity index (χ2n) is 2.93. The van der Waals surface area contributed by atoms with Gasteiger partial charge in [-0.25, -0.2) is 9.07 Å². The second-order valence-corrected chi connectivity index (χ2v) is 2.93. The summed E-state index contributed by atoms with van der Waals surface area (Å²) < 4.78 is 14.3. The molecule has 2 aromatic rings. The van der Waals surface area contributed by atoms with E-state index in [0.717, 1.165) is 0 Å². The van der Waals surface area contributed by atoms with Crippen molar-refractivity contribution in [3.05, 3.63) is 30.1 Å². The summed E-state index contributed by atoms with van der Waals surface area (Å²) in [7, 11) is 1.69. The highest BCUT2D eigenvalue weighted by Gasteiger charge is 2.06. The molecule has 0 bridgehead atoms. The van der Waals surface area contributed by atoms with E-state index in [9.17, 15) is 4.39 Å². The van der Waals surface area contributed by atoms with Gasteiger partial charge in [0.25, 0.3) is 0 Å². The lowest BCUT2D eigenvalue weighted by molar-refractivity contribution is 0.628. The SMILES string of the molecule is Cn1nc(-c2cccc(F)c2)nc1N. The Bertz CT molecular complexity index is 444. The number of rotatable bonds is 1. The molecule has 1 aromatic carbocycles. The molecule has 0 aliphatic carbocycles. The summed E-state index contributed by atoms with van der Waals surface area (Å²) in [5.74, 6) is 0.433. The first-order valence-corrected chi connectivity index (χ1v) is 4.09. The lowest BCUT2D eigenvalue weighted by Gasteiger charge is -1.93. The quantitative estimate of drug-likeness (QED) is 0.738. The van der Waals surface area contributed by atoms with Crippen LogP contribution in [-0.4, -0.2) is 14.8 Å². The third-order valence-corrected chi connectivity index (χ3v) is 1.88. The Morgan fingerprint density at radius 1 is 1.43 bits per heavy atom. The Morgan fingerprint density at radius 2 is 2.21 bits per heavy atom. The highest BCUT2D eigenvalue weighted by molar-refractivity contribution is 5.55. The molecule has 1 heterocycles. The first-order valence-electron chi connectivity index (χ1n) is 4.09. The number of aryl methyl sites for hydroxylation is 1. The van der Waals surface area contributed by atoms with Crippen LogP contribution in [0.1, 0.15) is 0 Å². The van der Waals surface area contributed by atoms with Gasteiger partial charge in [-0.1, -0.05) is 12.1 Å². The van der Waals surface area contributed by atoms with Crippen LogP contribution in [0.25, 0.3) is 11.4 Å². The minimum absolute atomic E-state index is 0.310. The van der Waals surface area contributed by atoms with Crippen LogP contribution in [-0.2, 0) is 7.05 Å². The molecule has 5 heteroatoms. The smallest absolute Gasteiger partial charge is 0.218 e. The van der Waals surface area contributed by atoms with Gasteiger partial charge in [0.1, 0.15) is 5.82 Å². The lowest BCUT2D eigenvalue weighted by atomic mass is 10.2. The zero-order valence-electron chi connectivity index (χ0n) is 7.61. The standard InChI is InChI=1S/C9H9FN4/c1-14-9(11)12-8(13-14)6-3-2-4-7(10)5-6/h2-5H,1H3,(H2,11,12,13). The number of hydrogen-bond acceptors (Lipinski definition) is 3. The van der Waals surface area contributed by atoms with Crippen molar-refractivity contribution in [1.29, 1.82) is 0 Å². The molecule has 0 saturated heterocycles. The van der Waals surface area contributed by atoms with Crippen molar-refractivity contribution < 1.29 is 4.39 Å². The van der Waals surface area contributed by atoms with E-state index in [1.165, 1.54) is 16.8 Å². The van der Waals surface area contributed by atoms with Crippen molar-refractivity contribution >= 4 is 5.95 Å². The van der Waals surface area contributed by atoms with Gasteiger partial charge in [0, 0.05) is 12.6 Å². The van der Waals surface area contributed by atoms with Gasteiger partial charge < -0.3 is 5.73 Å². The molecule has 0 atom stereocenters. The van der Waals surface area contributed by atoms with Crippen molar-refractivity contribution in [3.63, 3.8) is 0 Å². The number of aromatic nitrogens is 3. The molecule has 4 nitrogen and oxygen atoms in total. The Kier molecular flexibility index (Phi) is 1.92. The Morgan fingerprint density at radius 3 is 2.79 bits per heavy atom. The summed E-state index contributed by atoms with van der Waals surface area (Å²) in [6.07, 6.45) is 0. The fourth-order valence-corrected chi connectivity index (χ4v) is 1.15. The van der Waals surface area contributed by atoms with Crippen LogP contribution in [0.2, 0.25) is 0 Å². The predicted molar refractivity (Wildman–Crippen MR) is 50.8 cm³/mol. The van der Waals surface area contributed by atoms with E-state index in [1.807, 2.05) is 0 Å². The number of anilines is 1. The summed E-state index contributed by atoms with van der Waals surface area (Å²) in [6, 6.07) is 6.08. The van der Waals surface area contributed by atoms with Crippen LogP contribution in [0.15, 0.2) is 24.3 Å². The Balaban J connectivity index is 2.49. The molecule has 14 heavy (non-hydrogen) atoms. The van der Waals surface area contributed by atoms with Gasteiger partial charge in [-0.15, -0.1) is 5.10 Å². The van der Waals surface area contributed by atoms with E-state index >= 15 is 0 Å². The monoisotopic (exact) mass is 192 g/mol. The van der Waals surface area contributed by atoms with Crippen molar-refractivity contribution in [3.8, 4) is 11.4 Å². The molecule has 1 aromatic heterocycles.